The van der Waals surface area contributed by atoms with Gasteiger partial charge in [0, 0.05) is 18.0 Å². The van der Waals surface area contributed by atoms with E-state index in [9.17, 15) is 4.79 Å². The van der Waals surface area contributed by atoms with Crippen LogP contribution in [0, 0.1) is 11.3 Å². The predicted molar refractivity (Wildman–Crippen MR) is 84.3 cm³/mol. The maximum Gasteiger partial charge on any atom is 0.262 e. The highest BCUT2D eigenvalue weighted by molar-refractivity contribution is 6.01. The molecule has 0 saturated heterocycles. The molecule has 0 atom stereocenters. The van der Waals surface area contributed by atoms with Crippen LogP contribution in [0.4, 0.5) is 0 Å². The molecular formula is C17H18N2O3. The number of carbonyl (C=O) groups excluding carboxylic acids is 1. The number of unbranched alkanes of at least 4 members (excludes halogenated alkanes) is 1. The van der Waals surface area contributed by atoms with Crippen LogP contribution in [0.3, 0.4) is 0 Å². The van der Waals surface area contributed by atoms with Gasteiger partial charge in [-0.3, -0.25) is 4.79 Å². The highest BCUT2D eigenvalue weighted by Gasteiger charge is 2.12. The minimum absolute atomic E-state index is 0.0223. The molecule has 2 aromatic rings. The highest BCUT2D eigenvalue weighted by atomic mass is 16.5. The molecule has 5 nitrogen and oxygen atoms in total. The van der Waals surface area contributed by atoms with Crippen molar-refractivity contribution in [1.29, 1.82) is 5.26 Å². The fraction of sp³-hybridized carbons (Fsp3) is 0.294. The summed E-state index contributed by atoms with van der Waals surface area (Å²) in [6.07, 6.45) is 3.31. The summed E-state index contributed by atoms with van der Waals surface area (Å²) in [4.78, 5) is 11.9. The van der Waals surface area contributed by atoms with E-state index in [0.29, 0.717) is 23.6 Å². The molecule has 22 heavy (non-hydrogen) atoms. The molecule has 0 unspecified atom stereocenters. The second-order valence-electron chi connectivity index (χ2n) is 4.81. The maximum absolute atomic E-state index is 11.9. The van der Waals surface area contributed by atoms with Gasteiger partial charge in [0.05, 0.1) is 7.11 Å². The summed E-state index contributed by atoms with van der Waals surface area (Å²) in [6.45, 7) is 2.59. The molecule has 1 heterocycles. The third-order valence-corrected chi connectivity index (χ3v) is 3.21. The normalized spacial score (nSPS) is 11.2. The van der Waals surface area contributed by atoms with Crippen molar-refractivity contribution >= 4 is 23.0 Å². The van der Waals surface area contributed by atoms with Crippen LogP contribution in [0.1, 0.15) is 25.5 Å². The Hall–Kier alpha value is -2.74. The van der Waals surface area contributed by atoms with E-state index in [4.69, 9.17) is 14.4 Å². The highest BCUT2D eigenvalue weighted by Crippen LogP contribution is 2.29. The van der Waals surface area contributed by atoms with Crippen molar-refractivity contribution in [2.75, 3.05) is 13.7 Å². The van der Waals surface area contributed by atoms with Crippen LogP contribution in [0.5, 0.6) is 5.75 Å². The van der Waals surface area contributed by atoms with Crippen LogP contribution in [0.25, 0.3) is 17.0 Å². The van der Waals surface area contributed by atoms with E-state index in [1.807, 2.05) is 25.1 Å². The number of para-hydroxylation sites is 1. The van der Waals surface area contributed by atoms with Crippen molar-refractivity contribution in [3.63, 3.8) is 0 Å². The molecule has 0 fully saturated rings. The lowest BCUT2D eigenvalue weighted by Crippen LogP contribution is -2.25. The lowest BCUT2D eigenvalue weighted by molar-refractivity contribution is -0.117. The second kappa shape index (κ2) is 7.32. The topological polar surface area (TPSA) is 75.3 Å². The van der Waals surface area contributed by atoms with Crippen molar-refractivity contribution in [1.82, 2.24) is 5.32 Å². The van der Waals surface area contributed by atoms with Crippen molar-refractivity contribution in [2.24, 2.45) is 0 Å². The zero-order chi connectivity index (χ0) is 15.9. The third-order valence-electron chi connectivity index (χ3n) is 3.21. The molecule has 0 aliphatic rings. The van der Waals surface area contributed by atoms with E-state index in [-0.39, 0.29) is 11.5 Å². The van der Waals surface area contributed by atoms with Crippen molar-refractivity contribution in [3.05, 3.63) is 35.6 Å². The van der Waals surface area contributed by atoms with Gasteiger partial charge in [0.2, 0.25) is 0 Å². The molecule has 1 aromatic carbocycles. The van der Waals surface area contributed by atoms with E-state index in [2.05, 4.69) is 5.32 Å². The first-order valence-electron chi connectivity index (χ1n) is 7.16. The zero-order valence-corrected chi connectivity index (χ0v) is 12.7. The van der Waals surface area contributed by atoms with Gasteiger partial charge in [0.1, 0.15) is 17.4 Å². The lowest BCUT2D eigenvalue weighted by Gasteiger charge is -2.01. The predicted octanol–water partition coefficient (Wildman–Crippen LogP) is 3.26. The van der Waals surface area contributed by atoms with Gasteiger partial charge in [-0.2, -0.15) is 5.26 Å². The summed E-state index contributed by atoms with van der Waals surface area (Å²) in [6, 6.07) is 9.21. The summed E-state index contributed by atoms with van der Waals surface area (Å²) in [7, 11) is 1.56. The van der Waals surface area contributed by atoms with E-state index in [0.717, 1.165) is 18.2 Å². The molecule has 1 amide bonds. The van der Waals surface area contributed by atoms with Crippen LogP contribution in [0.2, 0.25) is 0 Å². The van der Waals surface area contributed by atoms with E-state index in [1.54, 1.807) is 19.2 Å². The average Bonchev–Trinajstić information content (AvgIpc) is 2.95. The number of fused-ring (bicyclic) bond motifs is 1. The minimum Gasteiger partial charge on any atom is -0.493 e. The summed E-state index contributed by atoms with van der Waals surface area (Å²) in [5.41, 5.74) is 0.619. The molecule has 0 aliphatic heterocycles. The number of rotatable bonds is 6. The van der Waals surface area contributed by atoms with Crippen molar-refractivity contribution in [3.8, 4) is 11.8 Å². The average molecular weight is 298 g/mol. The number of methoxy groups -OCH3 is 1. The standard InChI is InChI=1S/C17H18N2O3/c1-3-4-8-19-17(20)13(11-18)10-14-9-12-6-5-7-15(21-2)16(12)22-14/h5-7,9-10H,3-4,8H2,1-2H3,(H,19,20)/b13-10+. The first-order valence-corrected chi connectivity index (χ1v) is 7.16. The molecule has 114 valence electrons. The summed E-state index contributed by atoms with van der Waals surface area (Å²) >= 11 is 0. The lowest BCUT2D eigenvalue weighted by atomic mass is 10.2. The number of ether oxygens (including phenoxy) is 1. The van der Waals surface area contributed by atoms with Gasteiger partial charge in [-0.05, 0) is 18.6 Å². The Morgan fingerprint density at radius 1 is 1.50 bits per heavy atom. The Morgan fingerprint density at radius 2 is 2.32 bits per heavy atom. The van der Waals surface area contributed by atoms with Crippen molar-refractivity contribution < 1.29 is 13.9 Å². The van der Waals surface area contributed by atoms with Gasteiger partial charge < -0.3 is 14.5 Å². The molecule has 1 N–H and O–H groups in total. The number of amides is 1. The number of hydrogen-bond donors (Lipinski definition) is 1. The maximum atomic E-state index is 11.9. The number of nitrogens with zero attached hydrogens (tertiary/aromatic N) is 1. The van der Waals surface area contributed by atoms with Crippen LogP contribution in [-0.2, 0) is 4.79 Å². The van der Waals surface area contributed by atoms with Gasteiger partial charge >= 0.3 is 0 Å². The van der Waals surface area contributed by atoms with Gasteiger partial charge in [-0.1, -0.05) is 25.5 Å². The molecule has 0 aliphatic carbocycles. The smallest absolute Gasteiger partial charge is 0.262 e. The van der Waals surface area contributed by atoms with Gasteiger partial charge in [-0.25, -0.2) is 0 Å². The van der Waals surface area contributed by atoms with Crippen LogP contribution < -0.4 is 10.1 Å². The Labute approximate surface area is 129 Å². The summed E-state index contributed by atoms with van der Waals surface area (Å²) < 4.78 is 10.9. The molecule has 2 rings (SSSR count). The van der Waals surface area contributed by atoms with Crippen molar-refractivity contribution in [2.45, 2.75) is 19.8 Å². The monoisotopic (exact) mass is 298 g/mol. The van der Waals surface area contributed by atoms with Crippen LogP contribution in [0.15, 0.2) is 34.3 Å². The quantitative estimate of drug-likeness (QED) is 0.504. The zero-order valence-electron chi connectivity index (χ0n) is 12.7. The number of furan rings is 1. The third kappa shape index (κ3) is 3.47. The fourth-order valence-corrected chi connectivity index (χ4v) is 2.05. The van der Waals surface area contributed by atoms with Gasteiger partial charge in [-0.15, -0.1) is 0 Å². The molecule has 1 aromatic heterocycles. The van der Waals surface area contributed by atoms with E-state index in [1.165, 1.54) is 6.08 Å². The van der Waals surface area contributed by atoms with E-state index >= 15 is 0 Å². The molecular weight excluding hydrogens is 280 g/mol. The number of nitriles is 1. The largest absolute Gasteiger partial charge is 0.493 e. The Kier molecular flexibility index (Phi) is 5.21. The Morgan fingerprint density at radius 3 is 3.00 bits per heavy atom. The molecule has 0 spiro atoms. The number of benzene rings is 1. The Bertz CT molecular complexity index is 738. The number of hydrogen-bond acceptors (Lipinski definition) is 4. The SMILES string of the molecule is CCCCNC(=O)/C(C#N)=C/c1cc2cccc(OC)c2o1. The van der Waals surface area contributed by atoms with E-state index < -0.39 is 0 Å². The van der Waals surface area contributed by atoms with Crippen LogP contribution in [-0.4, -0.2) is 19.6 Å². The van der Waals surface area contributed by atoms with Gasteiger partial charge in [0.15, 0.2) is 11.3 Å². The second-order valence-corrected chi connectivity index (χ2v) is 4.81. The molecule has 0 bridgehead atoms. The fourth-order valence-electron chi connectivity index (χ4n) is 2.05. The number of nitrogens with one attached hydrogen (secondary N) is 1. The first-order chi connectivity index (χ1) is 10.7. The summed E-state index contributed by atoms with van der Waals surface area (Å²) in [5.74, 6) is 0.674. The van der Waals surface area contributed by atoms with Crippen LogP contribution >= 0.6 is 0 Å². The minimum atomic E-state index is -0.386. The molecule has 0 radical (unpaired) electrons. The first kappa shape index (κ1) is 15.6. The molecule has 0 saturated carbocycles. The molecule has 5 heteroatoms. The number of carbonyl (C=O) groups is 1. The summed E-state index contributed by atoms with van der Waals surface area (Å²) in [5, 5.41) is 12.7. The van der Waals surface area contributed by atoms with Gasteiger partial charge in [0.25, 0.3) is 5.91 Å². The Balaban J connectivity index is 2.26.